The second-order valence-electron chi connectivity index (χ2n) is 5.40. The molecule has 1 aromatic carbocycles. The molecule has 1 saturated carbocycles. The van der Waals surface area contributed by atoms with Crippen molar-refractivity contribution in [2.75, 3.05) is 11.9 Å². The lowest BCUT2D eigenvalue weighted by Gasteiger charge is -2.25. The van der Waals surface area contributed by atoms with Gasteiger partial charge in [-0.1, -0.05) is 15.9 Å². The first-order valence-electron chi connectivity index (χ1n) is 6.28. The van der Waals surface area contributed by atoms with Crippen LogP contribution in [0.25, 0.3) is 0 Å². The van der Waals surface area contributed by atoms with Crippen LogP contribution in [0, 0.1) is 5.92 Å². The third-order valence-electron chi connectivity index (χ3n) is 3.43. The summed E-state index contributed by atoms with van der Waals surface area (Å²) in [5, 5.41) is 6.21. The van der Waals surface area contributed by atoms with Crippen molar-refractivity contribution < 1.29 is 4.79 Å². The monoisotopic (exact) mass is 310 g/mol. The second-order valence-corrected chi connectivity index (χ2v) is 6.32. The highest BCUT2D eigenvalue weighted by Gasteiger charge is 2.37. The Morgan fingerprint density at radius 1 is 1.33 bits per heavy atom. The van der Waals surface area contributed by atoms with E-state index in [2.05, 4.69) is 40.4 Å². The molecule has 0 aromatic heterocycles. The molecular weight excluding hydrogens is 292 g/mol. The van der Waals surface area contributed by atoms with E-state index < -0.39 is 0 Å². The summed E-state index contributed by atoms with van der Waals surface area (Å²) < 4.78 is 1.01. The van der Waals surface area contributed by atoms with Gasteiger partial charge in [0.15, 0.2) is 0 Å². The second kappa shape index (κ2) is 5.41. The fraction of sp³-hybridized carbons (Fsp3) is 0.500. The average molecular weight is 311 g/mol. The van der Waals surface area contributed by atoms with Gasteiger partial charge in [0, 0.05) is 15.7 Å². The van der Waals surface area contributed by atoms with Gasteiger partial charge in [-0.05, 0) is 56.9 Å². The summed E-state index contributed by atoms with van der Waals surface area (Å²) in [4.78, 5) is 11.8. The van der Waals surface area contributed by atoms with Crippen molar-refractivity contribution in [3.8, 4) is 0 Å². The Morgan fingerprint density at radius 3 is 2.50 bits per heavy atom. The number of hydrogen-bond acceptors (Lipinski definition) is 2. The molecule has 0 heterocycles. The first-order valence-corrected chi connectivity index (χ1v) is 7.07. The Hall–Kier alpha value is -0.870. The summed E-state index contributed by atoms with van der Waals surface area (Å²) in [5.41, 5.74) is 0.895. The molecule has 0 spiro atoms. The predicted octanol–water partition coefficient (Wildman–Crippen LogP) is 3.17. The van der Waals surface area contributed by atoms with E-state index in [9.17, 15) is 4.79 Å². The highest BCUT2D eigenvalue weighted by atomic mass is 79.9. The van der Waals surface area contributed by atoms with Crippen LogP contribution in [0.2, 0.25) is 0 Å². The first kappa shape index (κ1) is 13.6. The van der Waals surface area contributed by atoms with Gasteiger partial charge in [0.25, 0.3) is 0 Å². The van der Waals surface area contributed by atoms with Crippen molar-refractivity contribution in [2.24, 2.45) is 5.92 Å². The van der Waals surface area contributed by atoms with Gasteiger partial charge in [-0.15, -0.1) is 0 Å². The van der Waals surface area contributed by atoms with Crippen molar-refractivity contribution in [2.45, 2.75) is 32.2 Å². The van der Waals surface area contributed by atoms with Gasteiger partial charge in [-0.25, -0.2) is 0 Å². The van der Waals surface area contributed by atoms with Gasteiger partial charge >= 0.3 is 0 Å². The number of carbonyl (C=O) groups excluding carboxylic acids is 1. The standard InChI is InChI=1S/C14H19BrN2O/c1-14(2,10-3-4-10)16-9-13(18)17-12-7-5-11(15)6-8-12/h5-8,10,16H,3-4,9H2,1-2H3,(H,17,18). The Kier molecular flexibility index (Phi) is 4.07. The molecule has 18 heavy (non-hydrogen) atoms. The van der Waals surface area contributed by atoms with Crippen LogP contribution in [0.3, 0.4) is 0 Å². The van der Waals surface area contributed by atoms with E-state index in [1.54, 1.807) is 0 Å². The van der Waals surface area contributed by atoms with E-state index in [0.717, 1.165) is 16.1 Å². The van der Waals surface area contributed by atoms with E-state index in [0.29, 0.717) is 6.54 Å². The zero-order chi connectivity index (χ0) is 13.2. The van der Waals surface area contributed by atoms with Crippen molar-refractivity contribution >= 4 is 27.5 Å². The maximum Gasteiger partial charge on any atom is 0.238 e. The summed E-state index contributed by atoms with van der Waals surface area (Å²) in [5.74, 6) is 0.726. The third-order valence-corrected chi connectivity index (χ3v) is 3.96. The van der Waals surface area contributed by atoms with Crippen molar-refractivity contribution in [1.29, 1.82) is 0 Å². The van der Waals surface area contributed by atoms with Gasteiger partial charge in [0.2, 0.25) is 5.91 Å². The Labute approximate surface area is 116 Å². The molecule has 1 fully saturated rings. The molecular formula is C14H19BrN2O. The molecule has 1 aliphatic rings. The first-order chi connectivity index (χ1) is 8.47. The fourth-order valence-corrected chi connectivity index (χ4v) is 2.26. The fourth-order valence-electron chi connectivity index (χ4n) is 2.00. The molecule has 2 N–H and O–H groups in total. The minimum absolute atomic E-state index is 0.00560. The van der Waals surface area contributed by atoms with Crippen LogP contribution in [0.5, 0.6) is 0 Å². The molecule has 0 radical (unpaired) electrons. The van der Waals surface area contributed by atoms with Crippen LogP contribution < -0.4 is 10.6 Å². The Bertz CT molecular complexity index is 424. The van der Waals surface area contributed by atoms with Crippen LogP contribution >= 0.6 is 15.9 Å². The van der Waals surface area contributed by atoms with Crippen LogP contribution in [-0.2, 0) is 4.79 Å². The Balaban J connectivity index is 1.80. The van der Waals surface area contributed by atoms with Gasteiger partial charge < -0.3 is 10.6 Å². The zero-order valence-electron chi connectivity index (χ0n) is 10.8. The van der Waals surface area contributed by atoms with E-state index >= 15 is 0 Å². The van der Waals surface area contributed by atoms with Gasteiger partial charge in [-0.3, -0.25) is 4.79 Å². The number of halogens is 1. The quantitative estimate of drug-likeness (QED) is 0.877. The molecule has 4 heteroatoms. The summed E-state index contributed by atoms with van der Waals surface area (Å²) in [7, 11) is 0. The molecule has 1 amide bonds. The largest absolute Gasteiger partial charge is 0.325 e. The summed E-state index contributed by atoms with van der Waals surface area (Å²) in [6, 6.07) is 7.59. The number of nitrogens with one attached hydrogen (secondary N) is 2. The minimum atomic E-state index is 0.00560. The molecule has 1 aliphatic carbocycles. The molecule has 0 bridgehead atoms. The molecule has 3 nitrogen and oxygen atoms in total. The molecule has 1 aromatic rings. The molecule has 0 unspecified atom stereocenters. The predicted molar refractivity (Wildman–Crippen MR) is 77.6 cm³/mol. The molecule has 0 atom stereocenters. The molecule has 0 aliphatic heterocycles. The minimum Gasteiger partial charge on any atom is -0.325 e. The number of anilines is 1. The van der Waals surface area contributed by atoms with Gasteiger partial charge in [0.1, 0.15) is 0 Å². The van der Waals surface area contributed by atoms with Crippen LogP contribution in [-0.4, -0.2) is 18.0 Å². The zero-order valence-corrected chi connectivity index (χ0v) is 12.4. The van der Waals surface area contributed by atoms with E-state index in [1.807, 2.05) is 24.3 Å². The van der Waals surface area contributed by atoms with Crippen molar-refractivity contribution in [1.82, 2.24) is 5.32 Å². The number of hydrogen-bond donors (Lipinski definition) is 2. The van der Waals surface area contributed by atoms with Crippen molar-refractivity contribution in [3.05, 3.63) is 28.7 Å². The lowest BCUT2D eigenvalue weighted by molar-refractivity contribution is -0.115. The Morgan fingerprint density at radius 2 is 1.94 bits per heavy atom. The highest BCUT2D eigenvalue weighted by molar-refractivity contribution is 9.10. The average Bonchev–Trinajstić information content (AvgIpc) is 3.14. The number of amides is 1. The highest BCUT2D eigenvalue weighted by Crippen LogP contribution is 2.38. The van der Waals surface area contributed by atoms with E-state index in [4.69, 9.17) is 0 Å². The summed E-state index contributed by atoms with van der Waals surface area (Å²) in [6.45, 7) is 4.69. The third kappa shape index (κ3) is 3.82. The number of benzene rings is 1. The lowest BCUT2D eigenvalue weighted by atomic mass is 9.99. The van der Waals surface area contributed by atoms with Crippen LogP contribution in [0.4, 0.5) is 5.69 Å². The van der Waals surface area contributed by atoms with Gasteiger partial charge in [0.05, 0.1) is 6.54 Å². The molecule has 0 saturated heterocycles. The topological polar surface area (TPSA) is 41.1 Å². The van der Waals surface area contributed by atoms with Crippen LogP contribution in [0.15, 0.2) is 28.7 Å². The summed E-state index contributed by atoms with van der Waals surface area (Å²) in [6.07, 6.45) is 2.54. The lowest BCUT2D eigenvalue weighted by Crippen LogP contribution is -2.45. The SMILES string of the molecule is CC(C)(NCC(=O)Nc1ccc(Br)cc1)C1CC1. The van der Waals surface area contributed by atoms with E-state index in [1.165, 1.54) is 12.8 Å². The van der Waals surface area contributed by atoms with Gasteiger partial charge in [-0.2, -0.15) is 0 Å². The van der Waals surface area contributed by atoms with Crippen molar-refractivity contribution in [3.63, 3.8) is 0 Å². The molecule has 98 valence electrons. The number of carbonyl (C=O) groups is 1. The van der Waals surface area contributed by atoms with E-state index in [-0.39, 0.29) is 11.4 Å². The summed E-state index contributed by atoms with van der Waals surface area (Å²) >= 11 is 3.37. The maximum atomic E-state index is 11.8. The normalized spacial score (nSPS) is 15.5. The molecule has 2 rings (SSSR count). The van der Waals surface area contributed by atoms with Crippen LogP contribution in [0.1, 0.15) is 26.7 Å². The number of rotatable bonds is 5. The smallest absolute Gasteiger partial charge is 0.238 e. The maximum absolute atomic E-state index is 11.8.